The van der Waals surface area contributed by atoms with Gasteiger partial charge < -0.3 is 19.4 Å². The van der Waals surface area contributed by atoms with Crippen LogP contribution in [0.15, 0.2) is 34.1 Å². The summed E-state index contributed by atoms with van der Waals surface area (Å²) in [5.41, 5.74) is 0. The zero-order valence-electron chi connectivity index (χ0n) is 14.2. The molecule has 0 aliphatic carbocycles. The molecule has 2 aromatic heterocycles. The number of carbonyl (C=O) groups excluding carboxylic acids is 1. The SMILES string of the molecule is Cc1ccc([C@@H](C)NC(=O)N(Cc2cccs2)C[C@@H]2CCCO2)o1. The third kappa shape index (κ3) is 4.39. The van der Waals surface area contributed by atoms with Crippen molar-refractivity contribution in [3.63, 3.8) is 0 Å². The van der Waals surface area contributed by atoms with Crippen molar-refractivity contribution in [3.8, 4) is 0 Å². The molecule has 0 aromatic carbocycles. The average molecular weight is 348 g/mol. The molecular formula is C18H24N2O3S. The molecule has 3 rings (SSSR count). The van der Waals surface area contributed by atoms with Crippen LogP contribution in [-0.2, 0) is 11.3 Å². The van der Waals surface area contributed by atoms with Crippen LogP contribution < -0.4 is 5.32 Å². The van der Waals surface area contributed by atoms with Crippen LogP contribution in [0.3, 0.4) is 0 Å². The normalized spacial score (nSPS) is 18.5. The minimum atomic E-state index is -0.165. The molecule has 2 aromatic rings. The maximum atomic E-state index is 12.8. The van der Waals surface area contributed by atoms with Gasteiger partial charge in [-0.05, 0) is 50.3 Å². The van der Waals surface area contributed by atoms with Crippen LogP contribution in [0.1, 0.15) is 42.2 Å². The van der Waals surface area contributed by atoms with Crippen molar-refractivity contribution >= 4 is 17.4 Å². The van der Waals surface area contributed by atoms with E-state index >= 15 is 0 Å². The number of furan rings is 1. The van der Waals surface area contributed by atoms with Gasteiger partial charge >= 0.3 is 6.03 Å². The van der Waals surface area contributed by atoms with Crippen LogP contribution in [-0.4, -0.2) is 30.2 Å². The van der Waals surface area contributed by atoms with Gasteiger partial charge in [-0.3, -0.25) is 0 Å². The van der Waals surface area contributed by atoms with Gasteiger partial charge in [-0.1, -0.05) is 6.07 Å². The van der Waals surface area contributed by atoms with Gasteiger partial charge in [0.15, 0.2) is 0 Å². The first-order valence-electron chi connectivity index (χ1n) is 8.37. The van der Waals surface area contributed by atoms with Crippen molar-refractivity contribution in [1.82, 2.24) is 10.2 Å². The topological polar surface area (TPSA) is 54.7 Å². The van der Waals surface area contributed by atoms with E-state index in [-0.39, 0.29) is 18.2 Å². The van der Waals surface area contributed by atoms with Crippen molar-refractivity contribution in [2.24, 2.45) is 0 Å². The highest BCUT2D eigenvalue weighted by molar-refractivity contribution is 7.09. The second-order valence-corrected chi connectivity index (χ2v) is 7.25. The molecule has 1 saturated heterocycles. The monoisotopic (exact) mass is 348 g/mol. The quantitative estimate of drug-likeness (QED) is 0.855. The molecule has 1 N–H and O–H groups in total. The largest absolute Gasteiger partial charge is 0.464 e. The number of carbonyl (C=O) groups is 1. The molecular weight excluding hydrogens is 324 g/mol. The van der Waals surface area contributed by atoms with E-state index in [9.17, 15) is 4.79 Å². The van der Waals surface area contributed by atoms with E-state index in [0.29, 0.717) is 13.1 Å². The lowest BCUT2D eigenvalue weighted by Gasteiger charge is -2.26. The molecule has 24 heavy (non-hydrogen) atoms. The number of amides is 2. The summed E-state index contributed by atoms with van der Waals surface area (Å²) < 4.78 is 11.3. The molecule has 0 unspecified atom stereocenters. The summed E-state index contributed by atoms with van der Waals surface area (Å²) in [6.45, 7) is 5.85. The van der Waals surface area contributed by atoms with Crippen molar-refractivity contribution in [1.29, 1.82) is 0 Å². The van der Waals surface area contributed by atoms with Gasteiger partial charge in [0.2, 0.25) is 0 Å². The summed E-state index contributed by atoms with van der Waals surface area (Å²) >= 11 is 1.66. The Balaban J connectivity index is 1.64. The van der Waals surface area contributed by atoms with Crippen LogP contribution in [0.2, 0.25) is 0 Å². The number of hydrogen-bond acceptors (Lipinski definition) is 4. The lowest BCUT2D eigenvalue weighted by Crippen LogP contribution is -2.43. The molecule has 0 spiro atoms. The summed E-state index contributed by atoms with van der Waals surface area (Å²) in [6.07, 6.45) is 2.22. The Morgan fingerprint density at radius 1 is 1.46 bits per heavy atom. The number of nitrogens with one attached hydrogen (secondary N) is 1. The highest BCUT2D eigenvalue weighted by Crippen LogP contribution is 2.19. The van der Waals surface area contributed by atoms with Crippen molar-refractivity contribution in [3.05, 3.63) is 46.0 Å². The van der Waals surface area contributed by atoms with Gasteiger partial charge in [0, 0.05) is 18.0 Å². The van der Waals surface area contributed by atoms with Gasteiger partial charge in [0.05, 0.1) is 18.7 Å². The van der Waals surface area contributed by atoms with Gasteiger partial charge in [-0.25, -0.2) is 4.79 Å². The van der Waals surface area contributed by atoms with Crippen LogP contribution in [0.25, 0.3) is 0 Å². The Labute approximate surface area is 146 Å². The van der Waals surface area contributed by atoms with Gasteiger partial charge in [-0.2, -0.15) is 0 Å². The van der Waals surface area contributed by atoms with Crippen LogP contribution in [0, 0.1) is 6.92 Å². The molecule has 0 bridgehead atoms. The number of ether oxygens (including phenoxy) is 1. The molecule has 2 amide bonds. The molecule has 0 saturated carbocycles. The molecule has 3 heterocycles. The maximum absolute atomic E-state index is 12.8. The zero-order chi connectivity index (χ0) is 16.9. The second kappa shape index (κ2) is 7.85. The summed E-state index contributed by atoms with van der Waals surface area (Å²) in [5.74, 6) is 1.62. The first-order valence-corrected chi connectivity index (χ1v) is 9.25. The molecule has 6 heteroatoms. The van der Waals surface area contributed by atoms with Crippen LogP contribution in [0.4, 0.5) is 4.79 Å². The van der Waals surface area contributed by atoms with Gasteiger partial charge in [0.25, 0.3) is 0 Å². The smallest absolute Gasteiger partial charge is 0.318 e. The van der Waals surface area contributed by atoms with Crippen molar-refractivity contribution < 1.29 is 13.9 Å². The molecule has 1 aliphatic rings. The fourth-order valence-electron chi connectivity index (χ4n) is 2.88. The third-order valence-corrected chi connectivity index (χ3v) is 5.05. The Morgan fingerprint density at radius 2 is 2.33 bits per heavy atom. The van der Waals surface area contributed by atoms with Gasteiger partial charge in [0.1, 0.15) is 11.5 Å². The molecule has 2 atom stereocenters. The highest BCUT2D eigenvalue weighted by atomic mass is 32.1. The standard InChI is InChI=1S/C18H24N2O3S/c1-13-7-8-17(23-13)14(2)19-18(21)20(11-15-5-3-9-22-15)12-16-6-4-10-24-16/h4,6-8,10,14-15H,3,5,9,11-12H2,1-2H3,(H,19,21)/t14-,15+/m1/s1. The molecule has 1 fully saturated rings. The van der Waals surface area contributed by atoms with E-state index < -0.39 is 0 Å². The number of aryl methyl sites for hydroxylation is 1. The fourth-order valence-corrected chi connectivity index (χ4v) is 3.60. The Bertz CT molecular complexity index is 647. The first-order chi connectivity index (χ1) is 11.6. The lowest BCUT2D eigenvalue weighted by molar-refractivity contribution is 0.0791. The van der Waals surface area contributed by atoms with E-state index in [0.717, 1.165) is 31.0 Å². The van der Waals surface area contributed by atoms with E-state index in [1.54, 1.807) is 11.3 Å². The van der Waals surface area contributed by atoms with E-state index in [2.05, 4.69) is 11.4 Å². The molecule has 130 valence electrons. The highest BCUT2D eigenvalue weighted by Gasteiger charge is 2.24. The Kier molecular flexibility index (Phi) is 5.58. The Morgan fingerprint density at radius 3 is 2.96 bits per heavy atom. The zero-order valence-corrected chi connectivity index (χ0v) is 15.0. The number of nitrogens with zero attached hydrogens (tertiary/aromatic N) is 1. The summed E-state index contributed by atoms with van der Waals surface area (Å²) in [4.78, 5) is 15.8. The predicted molar refractivity (Wildman–Crippen MR) is 94.1 cm³/mol. The summed E-state index contributed by atoms with van der Waals surface area (Å²) in [5, 5.41) is 5.07. The molecule has 5 nitrogen and oxygen atoms in total. The lowest BCUT2D eigenvalue weighted by atomic mass is 10.2. The summed E-state index contributed by atoms with van der Waals surface area (Å²) in [6, 6.07) is 7.63. The minimum Gasteiger partial charge on any atom is -0.464 e. The fraction of sp³-hybridized carbons (Fsp3) is 0.500. The van der Waals surface area contributed by atoms with E-state index in [1.165, 1.54) is 4.88 Å². The molecule has 0 radical (unpaired) electrons. The van der Waals surface area contributed by atoms with E-state index in [1.807, 2.05) is 42.3 Å². The average Bonchev–Trinajstić information content (AvgIpc) is 3.28. The summed E-state index contributed by atoms with van der Waals surface area (Å²) in [7, 11) is 0. The molecule has 1 aliphatic heterocycles. The first kappa shape index (κ1) is 17.0. The number of thiophene rings is 1. The van der Waals surface area contributed by atoms with Crippen LogP contribution >= 0.6 is 11.3 Å². The van der Waals surface area contributed by atoms with Crippen molar-refractivity contribution in [2.45, 2.75) is 45.4 Å². The number of rotatable bonds is 6. The number of urea groups is 1. The number of hydrogen-bond donors (Lipinski definition) is 1. The second-order valence-electron chi connectivity index (χ2n) is 6.21. The minimum absolute atomic E-state index is 0.0829. The van der Waals surface area contributed by atoms with E-state index in [4.69, 9.17) is 9.15 Å². The Hall–Kier alpha value is -1.79. The van der Waals surface area contributed by atoms with Crippen LogP contribution in [0.5, 0.6) is 0 Å². The van der Waals surface area contributed by atoms with Crippen molar-refractivity contribution in [2.75, 3.05) is 13.2 Å². The van der Waals surface area contributed by atoms with Gasteiger partial charge in [-0.15, -0.1) is 11.3 Å². The maximum Gasteiger partial charge on any atom is 0.318 e. The third-order valence-electron chi connectivity index (χ3n) is 4.19. The predicted octanol–water partition coefficient (Wildman–Crippen LogP) is 4.10.